The molecule has 0 aromatic heterocycles. The third-order valence-corrected chi connectivity index (χ3v) is 3.14. The molecule has 0 saturated carbocycles. The number of hydrogen-bond donors (Lipinski definition) is 0. The van der Waals surface area contributed by atoms with E-state index in [2.05, 4.69) is 6.92 Å². The second-order valence-corrected chi connectivity index (χ2v) is 3.66. The molecule has 2 atom stereocenters. The Morgan fingerprint density at radius 1 is 1.58 bits per heavy atom. The van der Waals surface area contributed by atoms with Crippen LogP contribution in [0.3, 0.4) is 0 Å². The lowest BCUT2D eigenvalue weighted by Gasteiger charge is -2.35. The van der Waals surface area contributed by atoms with Gasteiger partial charge in [0.2, 0.25) is 6.29 Å². The fraction of sp³-hybridized carbons (Fsp3) is 0.889. The number of hydrogen-bond acceptors (Lipinski definition) is 3. The molecular weight excluding hydrogens is 156 g/mol. The zero-order valence-electron chi connectivity index (χ0n) is 7.34. The van der Waals surface area contributed by atoms with Gasteiger partial charge in [-0.3, -0.25) is 4.79 Å². The summed E-state index contributed by atoms with van der Waals surface area (Å²) in [6, 6.07) is 0. The molecule has 2 fully saturated rings. The predicted molar refractivity (Wildman–Crippen MR) is 42.4 cm³/mol. The summed E-state index contributed by atoms with van der Waals surface area (Å²) in [6.07, 6.45) is 3.34. The molecule has 3 heteroatoms. The second-order valence-electron chi connectivity index (χ2n) is 3.66. The summed E-state index contributed by atoms with van der Waals surface area (Å²) in [7, 11) is 0. The van der Waals surface area contributed by atoms with Gasteiger partial charge in [0.15, 0.2) is 0 Å². The minimum Gasteiger partial charge on any atom is -0.435 e. The van der Waals surface area contributed by atoms with E-state index in [4.69, 9.17) is 9.47 Å². The highest BCUT2D eigenvalue weighted by molar-refractivity contribution is 5.70. The van der Waals surface area contributed by atoms with E-state index in [1.54, 1.807) is 0 Å². The lowest BCUT2D eigenvalue weighted by atomic mass is 9.77. The van der Waals surface area contributed by atoms with Crippen LogP contribution < -0.4 is 0 Å². The van der Waals surface area contributed by atoms with E-state index in [1.165, 1.54) is 0 Å². The zero-order chi connectivity index (χ0) is 8.60. The number of carbonyl (C=O) groups is 1. The Hall–Kier alpha value is -0.570. The Bertz CT molecular complexity index is 202. The highest BCUT2D eigenvalue weighted by Gasteiger charge is 2.48. The van der Waals surface area contributed by atoms with E-state index in [9.17, 15) is 4.79 Å². The molecule has 2 aliphatic heterocycles. The topological polar surface area (TPSA) is 35.5 Å². The van der Waals surface area contributed by atoms with Crippen LogP contribution in [-0.4, -0.2) is 18.9 Å². The maximum absolute atomic E-state index is 11.0. The summed E-state index contributed by atoms with van der Waals surface area (Å²) >= 11 is 0. The first-order valence-corrected chi connectivity index (χ1v) is 4.58. The molecule has 2 rings (SSSR count). The van der Waals surface area contributed by atoms with Crippen molar-refractivity contribution < 1.29 is 14.3 Å². The average molecular weight is 170 g/mol. The molecule has 0 radical (unpaired) electrons. The van der Waals surface area contributed by atoms with E-state index < -0.39 is 0 Å². The first-order valence-electron chi connectivity index (χ1n) is 4.58. The van der Waals surface area contributed by atoms with Crippen molar-refractivity contribution in [2.75, 3.05) is 6.61 Å². The van der Waals surface area contributed by atoms with Gasteiger partial charge in [-0.25, -0.2) is 0 Å². The average Bonchev–Trinajstić information content (AvgIpc) is 2.48. The molecule has 0 bridgehead atoms. The molecule has 0 N–H and O–H groups in total. The molecule has 12 heavy (non-hydrogen) atoms. The van der Waals surface area contributed by atoms with Crippen LogP contribution in [-0.2, 0) is 14.3 Å². The minimum absolute atomic E-state index is 0.106. The Morgan fingerprint density at radius 2 is 2.42 bits per heavy atom. The maximum Gasteiger partial charge on any atom is 0.308 e. The molecule has 0 amide bonds. The SMILES string of the molecule is CC[C@@]12CCOC1OC(=O)CC2. The lowest BCUT2D eigenvalue weighted by molar-refractivity contribution is -0.200. The van der Waals surface area contributed by atoms with E-state index in [0.29, 0.717) is 6.42 Å². The fourth-order valence-electron chi connectivity index (χ4n) is 2.12. The molecule has 2 aliphatic rings. The molecule has 0 spiro atoms. The van der Waals surface area contributed by atoms with Crippen molar-refractivity contribution in [3.63, 3.8) is 0 Å². The smallest absolute Gasteiger partial charge is 0.308 e. The Labute approximate surface area is 72.0 Å². The molecule has 0 aromatic rings. The quantitative estimate of drug-likeness (QED) is 0.559. The second kappa shape index (κ2) is 2.73. The zero-order valence-corrected chi connectivity index (χ0v) is 7.34. The maximum atomic E-state index is 11.0. The number of rotatable bonds is 1. The van der Waals surface area contributed by atoms with Crippen LogP contribution in [0, 0.1) is 5.41 Å². The van der Waals surface area contributed by atoms with Crippen LogP contribution >= 0.6 is 0 Å². The van der Waals surface area contributed by atoms with Gasteiger partial charge in [0.25, 0.3) is 0 Å². The molecule has 3 nitrogen and oxygen atoms in total. The Morgan fingerprint density at radius 3 is 3.17 bits per heavy atom. The molecule has 2 heterocycles. The fourth-order valence-corrected chi connectivity index (χ4v) is 2.12. The molecule has 0 aliphatic carbocycles. The van der Waals surface area contributed by atoms with Gasteiger partial charge in [0.1, 0.15) is 0 Å². The summed E-state index contributed by atoms with van der Waals surface area (Å²) in [4.78, 5) is 11.0. The number of ether oxygens (including phenoxy) is 2. The normalized spacial score (nSPS) is 40.8. The van der Waals surface area contributed by atoms with Crippen molar-refractivity contribution in [3.8, 4) is 0 Å². The van der Waals surface area contributed by atoms with Gasteiger partial charge in [0, 0.05) is 11.8 Å². The van der Waals surface area contributed by atoms with Gasteiger partial charge in [-0.2, -0.15) is 0 Å². The van der Waals surface area contributed by atoms with Crippen molar-refractivity contribution >= 4 is 5.97 Å². The van der Waals surface area contributed by atoms with E-state index in [-0.39, 0.29) is 17.7 Å². The van der Waals surface area contributed by atoms with Crippen molar-refractivity contribution in [2.45, 2.75) is 38.9 Å². The summed E-state index contributed by atoms with van der Waals surface area (Å²) in [6.45, 7) is 2.88. The van der Waals surface area contributed by atoms with Crippen LogP contribution in [0.1, 0.15) is 32.6 Å². The van der Waals surface area contributed by atoms with Gasteiger partial charge >= 0.3 is 5.97 Å². The number of esters is 1. The Balaban J connectivity index is 2.15. The summed E-state index contributed by atoms with van der Waals surface area (Å²) in [5, 5.41) is 0. The number of carbonyl (C=O) groups excluding carboxylic acids is 1. The van der Waals surface area contributed by atoms with Gasteiger partial charge in [0.05, 0.1) is 6.61 Å². The standard InChI is InChI=1S/C9H14O3/c1-2-9-4-3-7(10)12-8(9)11-6-5-9/h8H,2-6H2,1H3/t8?,9-/m1/s1. The van der Waals surface area contributed by atoms with Crippen LogP contribution in [0.4, 0.5) is 0 Å². The molecule has 1 unspecified atom stereocenters. The van der Waals surface area contributed by atoms with Gasteiger partial charge < -0.3 is 9.47 Å². The first-order chi connectivity index (χ1) is 5.77. The predicted octanol–water partition coefficient (Wildman–Crippen LogP) is 1.47. The first kappa shape index (κ1) is 8.05. The minimum atomic E-state index is -0.247. The monoisotopic (exact) mass is 170 g/mol. The van der Waals surface area contributed by atoms with Crippen molar-refractivity contribution in [1.82, 2.24) is 0 Å². The van der Waals surface area contributed by atoms with Crippen molar-refractivity contribution in [1.29, 1.82) is 0 Å². The van der Waals surface area contributed by atoms with Crippen LogP contribution in [0.15, 0.2) is 0 Å². The summed E-state index contributed by atoms with van der Waals surface area (Å²) < 4.78 is 10.5. The van der Waals surface area contributed by atoms with E-state index >= 15 is 0 Å². The summed E-state index contributed by atoms with van der Waals surface area (Å²) in [5.74, 6) is -0.106. The lowest BCUT2D eigenvalue weighted by Crippen LogP contribution is -2.39. The highest BCUT2D eigenvalue weighted by Crippen LogP contribution is 2.45. The van der Waals surface area contributed by atoms with Crippen LogP contribution in [0.2, 0.25) is 0 Å². The summed E-state index contributed by atoms with van der Waals surface area (Å²) in [5.41, 5.74) is 0.147. The molecule has 2 saturated heterocycles. The van der Waals surface area contributed by atoms with E-state index in [1.807, 2.05) is 0 Å². The van der Waals surface area contributed by atoms with Crippen molar-refractivity contribution in [2.24, 2.45) is 5.41 Å². The third kappa shape index (κ3) is 1.04. The molecule has 0 aromatic carbocycles. The van der Waals surface area contributed by atoms with Gasteiger partial charge in [-0.1, -0.05) is 6.92 Å². The van der Waals surface area contributed by atoms with Crippen LogP contribution in [0.5, 0.6) is 0 Å². The third-order valence-electron chi connectivity index (χ3n) is 3.14. The Kier molecular flexibility index (Phi) is 1.83. The molecular formula is C9H14O3. The van der Waals surface area contributed by atoms with Gasteiger partial charge in [-0.05, 0) is 19.3 Å². The largest absolute Gasteiger partial charge is 0.435 e. The van der Waals surface area contributed by atoms with E-state index in [0.717, 1.165) is 25.9 Å². The van der Waals surface area contributed by atoms with Gasteiger partial charge in [-0.15, -0.1) is 0 Å². The molecule has 68 valence electrons. The van der Waals surface area contributed by atoms with Crippen molar-refractivity contribution in [3.05, 3.63) is 0 Å². The van der Waals surface area contributed by atoms with Crippen LogP contribution in [0.25, 0.3) is 0 Å². The highest BCUT2D eigenvalue weighted by atomic mass is 16.7. The number of fused-ring (bicyclic) bond motifs is 1.